The molecular weight excluding hydrogens is 250 g/mol. The quantitative estimate of drug-likeness (QED) is 0.773. The van der Waals surface area contributed by atoms with Crippen LogP contribution in [0, 0.1) is 0 Å². The Labute approximate surface area is 109 Å². The SMILES string of the molecule is CSc1cc(C2=NCCO2)nc(C2=NCCO2)c1. The van der Waals surface area contributed by atoms with Crippen molar-refractivity contribution < 1.29 is 9.47 Å². The van der Waals surface area contributed by atoms with Gasteiger partial charge in [0.15, 0.2) is 0 Å². The normalized spacial score (nSPS) is 18.1. The molecule has 0 unspecified atom stereocenters. The third-order valence-electron chi connectivity index (χ3n) is 2.64. The lowest BCUT2D eigenvalue weighted by molar-refractivity contribution is 0.345. The van der Waals surface area contributed by atoms with Gasteiger partial charge >= 0.3 is 0 Å². The maximum absolute atomic E-state index is 5.45. The van der Waals surface area contributed by atoms with Gasteiger partial charge in [-0.05, 0) is 18.4 Å². The van der Waals surface area contributed by atoms with Crippen LogP contribution >= 0.6 is 11.8 Å². The summed E-state index contributed by atoms with van der Waals surface area (Å²) in [5.74, 6) is 1.23. The number of ether oxygens (including phenoxy) is 2. The van der Waals surface area contributed by atoms with Crippen LogP contribution in [0.15, 0.2) is 27.0 Å². The average molecular weight is 263 g/mol. The first-order chi connectivity index (χ1) is 8.86. The second-order valence-electron chi connectivity index (χ2n) is 3.85. The van der Waals surface area contributed by atoms with Crippen LogP contribution < -0.4 is 0 Å². The summed E-state index contributed by atoms with van der Waals surface area (Å²) >= 11 is 1.65. The molecule has 2 aliphatic rings. The van der Waals surface area contributed by atoms with Gasteiger partial charge in [-0.3, -0.25) is 0 Å². The number of pyridine rings is 1. The summed E-state index contributed by atoms with van der Waals surface area (Å²) < 4.78 is 10.9. The van der Waals surface area contributed by atoms with E-state index in [2.05, 4.69) is 15.0 Å². The molecule has 0 saturated carbocycles. The second kappa shape index (κ2) is 4.97. The van der Waals surface area contributed by atoms with E-state index < -0.39 is 0 Å². The number of hydrogen-bond acceptors (Lipinski definition) is 6. The Hall–Kier alpha value is -1.56. The highest BCUT2D eigenvalue weighted by Gasteiger charge is 2.18. The maximum Gasteiger partial charge on any atom is 0.235 e. The van der Waals surface area contributed by atoms with E-state index in [4.69, 9.17) is 9.47 Å². The van der Waals surface area contributed by atoms with E-state index >= 15 is 0 Å². The molecule has 0 N–H and O–H groups in total. The topological polar surface area (TPSA) is 56.1 Å². The summed E-state index contributed by atoms with van der Waals surface area (Å²) in [5.41, 5.74) is 1.51. The van der Waals surface area contributed by atoms with Crippen LogP contribution in [-0.4, -0.2) is 49.3 Å². The summed E-state index contributed by atoms with van der Waals surface area (Å²) in [4.78, 5) is 14.2. The lowest BCUT2D eigenvalue weighted by Crippen LogP contribution is -2.10. The van der Waals surface area contributed by atoms with Crippen molar-refractivity contribution in [3.8, 4) is 0 Å². The molecule has 1 aromatic rings. The van der Waals surface area contributed by atoms with Crippen molar-refractivity contribution >= 4 is 23.6 Å². The Morgan fingerprint density at radius 2 is 1.56 bits per heavy atom. The standard InChI is InChI=1S/C12H13N3O2S/c1-18-8-6-9(11-13-2-4-16-11)15-10(7-8)12-14-3-5-17-12/h6-7H,2-5H2,1H3. The fourth-order valence-corrected chi connectivity index (χ4v) is 2.28. The van der Waals surface area contributed by atoms with Crippen molar-refractivity contribution in [2.45, 2.75) is 4.90 Å². The average Bonchev–Trinajstić information content (AvgIpc) is 3.10. The van der Waals surface area contributed by atoms with Crippen molar-refractivity contribution in [3.05, 3.63) is 23.5 Å². The van der Waals surface area contributed by atoms with Gasteiger partial charge in [-0.25, -0.2) is 15.0 Å². The van der Waals surface area contributed by atoms with Crippen LogP contribution in [-0.2, 0) is 9.47 Å². The minimum Gasteiger partial charge on any atom is -0.474 e. The molecule has 0 spiro atoms. The zero-order valence-corrected chi connectivity index (χ0v) is 10.9. The lowest BCUT2D eigenvalue weighted by atomic mass is 10.3. The van der Waals surface area contributed by atoms with Gasteiger partial charge in [0.1, 0.15) is 24.6 Å². The maximum atomic E-state index is 5.45. The van der Waals surface area contributed by atoms with Crippen molar-refractivity contribution in [1.82, 2.24) is 4.98 Å². The van der Waals surface area contributed by atoms with Crippen LogP contribution in [0.4, 0.5) is 0 Å². The smallest absolute Gasteiger partial charge is 0.235 e. The first-order valence-electron chi connectivity index (χ1n) is 5.78. The van der Waals surface area contributed by atoms with Crippen molar-refractivity contribution in [3.63, 3.8) is 0 Å². The molecule has 0 aliphatic carbocycles. The summed E-state index contributed by atoms with van der Waals surface area (Å²) in [7, 11) is 0. The van der Waals surface area contributed by atoms with E-state index in [0.29, 0.717) is 38.1 Å². The number of hydrogen-bond donors (Lipinski definition) is 0. The Bertz CT molecular complexity index is 486. The molecule has 0 aromatic carbocycles. The minimum atomic E-state index is 0.616. The molecule has 18 heavy (non-hydrogen) atoms. The molecule has 94 valence electrons. The number of aliphatic imine (C=N–C) groups is 2. The Morgan fingerprint density at radius 3 is 1.94 bits per heavy atom. The second-order valence-corrected chi connectivity index (χ2v) is 4.73. The molecule has 3 heterocycles. The summed E-state index contributed by atoms with van der Waals surface area (Å²) in [5, 5.41) is 0. The van der Waals surface area contributed by atoms with Gasteiger partial charge in [0.05, 0.1) is 13.1 Å². The van der Waals surface area contributed by atoms with Crippen LogP contribution in [0.5, 0.6) is 0 Å². The third kappa shape index (κ3) is 2.20. The van der Waals surface area contributed by atoms with Gasteiger partial charge in [-0.1, -0.05) is 0 Å². The zero-order valence-electron chi connectivity index (χ0n) is 10.0. The van der Waals surface area contributed by atoms with Crippen LogP contribution in [0.1, 0.15) is 11.4 Å². The fraction of sp³-hybridized carbons (Fsp3) is 0.417. The zero-order chi connectivity index (χ0) is 12.4. The van der Waals surface area contributed by atoms with Gasteiger partial charge in [0, 0.05) is 4.90 Å². The number of nitrogens with zero attached hydrogens (tertiary/aromatic N) is 3. The van der Waals surface area contributed by atoms with E-state index in [1.807, 2.05) is 18.4 Å². The Kier molecular flexibility index (Phi) is 3.19. The molecule has 0 radical (unpaired) electrons. The van der Waals surface area contributed by atoms with E-state index in [-0.39, 0.29) is 0 Å². The fourth-order valence-electron chi connectivity index (χ4n) is 1.82. The number of rotatable bonds is 3. The molecular formula is C12H13N3O2S. The summed E-state index contributed by atoms with van der Waals surface area (Å²) in [6.07, 6.45) is 2.03. The molecule has 0 atom stereocenters. The molecule has 0 bridgehead atoms. The molecule has 0 amide bonds. The van der Waals surface area contributed by atoms with E-state index in [9.17, 15) is 0 Å². The predicted molar refractivity (Wildman–Crippen MR) is 70.7 cm³/mol. The first-order valence-corrected chi connectivity index (χ1v) is 7.00. The molecule has 2 aliphatic heterocycles. The lowest BCUT2D eigenvalue weighted by Gasteiger charge is -2.07. The summed E-state index contributed by atoms with van der Waals surface area (Å²) in [6.45, 7) is 2.67. The third-order valence-corrected chi connectivity index (χ3v) is 3.35. The van der Waals surface area contributed by atoms with Crippen LogP contribution in [0.3, 0.4) is 0 Å². The molecule has 6 heteroatoms. The van der Waals surface area contributed by atoms with Gasteiger partial charge in [-0.2, -0.15) is 0 Å². The van der Waals surface area contributed by atoms with Crippen molar-refractivity contribution in [2.24, 2.45) is 9.98 Å². The molecule has 0 saturated heterocycles. The van der Waals surface area contributed by atoms with Crippen molar-refractivity contribution in [2.75, 3.05) is 32.6 Å². The van der Waals surface area contributed by atoms with Gasteiger partial charge in [-0.15, -0.1) is 11.8 Å². The molecule has 1 aromatic heterocycles. The van der Waals surface area contributed by atoms with E-state index in [0.717, 1.165) is 16.3 Å². The molecule has 5 nitrogen and oxygen atoms in total. The largest absolute Gasteiger partial charge is 0.474 e. The number of aromatic nitrogens is 1. The Balaban J connectivity index is 2.01. The van der Waals surface area contributed by atoms with E-state index in [1.54, 1.807) is 11.8 Å². The minimum absolute atomic E-state index is 0.616. The van der Waals surface area contributed by atoms with Gasteiger partial charge in [0.2, 0.25) is 11.8 Å². The summed E-state index contributed by atoms with van der Waals surface area (Å²) in [6, 6.07) is 3.96. The van der Waals surface area contributed by atoms with E-state index in [1.165, 1.54) is 0 Å². The van der Waals surface area contributed by atoms with Gasteiger partial charge < -0.3 is 9.47 Å². The highest BCUT2D eigenvalue weighted by molar-refractivity contribution is 7.98. The Morgan fingerprint density at radius 1 is 1.00 bits per heavy atom. The van der Waals surface area contributed by atoms with Crippen molar-refractivity contribution in [1.29, 1.82) is 0 Å². The molecule has 0 fully saturated rings. The van der Waals surface area contributed by atoms with Gasteiger partial charge in [0.25, 0.3) is 0 Å². The van der Waals surface area contributed by atoms with Crippen LogP contribution in [0.25, 0.3) is 0 Å². The monoisotopic (exact) mass is 263 g/mol. The van der Waals surface area contributed by atoms with Crippen LogP contribution in [0.2, 0.25) is 0 Å². The highest BCUT2D eigenvalue weighted by Crippen LogP contribution is 2.20. The first kappa shape index (κ1) is 11.5. The molecule has 3 rings (SSSR count). The predicted octanol–water partition coefficient (Wildman–Crippen LogP) is 1.36. The number of thioether (sulfide) groups is 1. The highest BCUT2D eigenvalue weighted by atomic mass is 32.2.